The molecule has 1 heterocycles. The van der Waals surface area contributed by atoms with Gasteiger partial charge >= 0.3 is 0 Å². The highest BCUT2D eigenvalue weighted by Gasteiger charge is 2.36. The lowest BCUT2D eigenvalue weighted by molar-refractivity contribution is -0.135. The molecule has 122 valence electrons. The number of amides is 3. The standard InChI is InChI=1S/C16H18N2O4S/c1-3-17(4-2)14(20)10-18-15(21)13(23-16(18)22)9-11-5-7-12(19)8-6-11/h5-9,19H,3-4,10H2,1-2H3/b13-9-. The van der Waals surface area contributed by atoms with E-state index in [1.54, 1.807) is 23.1 Å². The minimum Gasteiger partial charge on any atom is -0.508 e. The van der Waals surface area contributed by atoms with Gasteiger partial charge in [-0.05, 0) is 49.4 Å². The second kappa shape index (κ2) is 7.32. The molecule has 0 aromatic heterocycles. The highest BCUT2D eigenvalue weighted by molar-refractivity contribution is 8.18. The summed E-state index contributed by atoms with van der Waals surface area (Å²) >= 11 is 0.815. The second-order valence-electron chi connectivity index (χ2n) is 4.93. The quantitative estimate of drug-likeness (QED) is 0.836. The van der Waals surface area contributed by atoms with Crippen LogP contribution in [0.2, 0.25) is 0 Å². The number of likely N-dealkylation sites (N-methyl/N-ethyl adjacent to an activating group) is 1. The average molecular weight is 334 g/mol. The van der Waals surface area contributed by atoms with Crippen LogP contribution in [-0.4, -0.2) is 51.6 Å². The number of carbonyl (C=O) groups excluding carboxylic acids is 3. The molecule has 0 bridgehead atoms. The van der Waals surface area contributed by atoms with Gasteiger partial charge < -0.3 is 10.0 Å². The molecule has 0 aliphatic carbocycles. The molecule has 1 N–H and O–H groups in total. The van der Waals surface area contributed by atoms with Crippen LogP contribution in [-0.2, 0) is 9.59 Å². The largest absolute Gasteiger partial charge is 0.508 e. The number of hydrogen-bond acceptors (Lipinski definition) is 5. The molecule has 2 rings (SSSR count). The maximum atomic E-state index is 12.3. The molecule has 0 saturated carbocycles. The van der Waals surface area contributed by atoms with Crippen LogP contribution < -0.4 is 0 Å². The Balaban J connectivity index is 2.13. The van der Waals surface area contributed by atoms with Crippen LogP contribution in [0.3, 0.4) is 0 Å². The Kier molecular flexibility index (Phi) is 5.44. The molecule has 1 aliphatic heterocycles. The number of aromatic hydroxyl groups is 1. The van der Waals surface area contributed by atoms with Crippen LogP contribution in [0.5, 0.6) is 5.75 Å². The van der Waals surface area contributed by atoms with Crippen molar-refractivity contribution in [1.82, 2.24) is 9.80 Å². The maximum absolute atomic E-state index is 12.3. The summed E-state index contributed by atoms with van der Waals surface area (Å²) in [4.78, 5) is 39.2. The van der Waals surface area contributed by atoms with E-state index in [2.05, 4.69) is 0 Å². The van der Waals surface area contributed by atoms with Gasteiger partial charge in [-0.25, -0.2) is 0 Å². The van der Waals surface area contributed by atoms with Gasteiger partial charge in [0, 0.05) is 13.1 Å². The third-order valence-corrected chi connectivity index (χ3v) is 4.38. The minimum atomic E-state index is -0.464. The lowest BCUT2D eigenvalue weighted by Crippen LogP contribution is -2.41. The number of phenolic OH excluding ortho intramolecular Hbond substituents is 1. The van der Waals surface area contributed by atoms with Gasteiger partial charge in [0.1, 0.15) is 12.3 Å². The van der Waals surface area contributed by atoms with Crippen LogP contribution in [0.1, 0.15) is 19.4 Å². The number of hydrogen-bond donors (Lipinski definition) is 1. The van der Waals surface area contributed by atoms with Crippen LogP contribution in [0.25, 0.3) is 6.08 Å². The van der Waals surface area contributed by atoms with E-state index in [9.17, 15) is 19.5 Å². The van der Waals surface area contributed by atoms with Crippen molar-refractivity contribution in [1.29, 1.82) is 0 Å². The number of benzene rings is 1. The van der Waals surface area contributed by atoms with Crippen LogP contribution in [0.4, 0.5) is 4.79 Å². The number of carbonyl (C=O) groups is 3. The van der Waals surface area contributed by atoms with E-state index in [1.165, 1.54) is 12.1 Å². The van der Waals surface area contributed by atoms with Gasteiger partial charge in [-0.2, -0.15) is 0 Å². The maximum Gasteiger partial charge on any atom is 0.294 e. The Labute approximate surface area is 138 Å². The first-order chi connectivity index (χ1) is 11.0. The van der Waals surface area contributed by atoms with Crippen molar-refractivity contribution >= 4 is 34.9 Å². The second-order valence-corrected chi connectivity index (χ2v) is 5.92. The SMILES string of the molecule is CCN(CC)C(=O)CN1C(=O)S/C(=C\c2ccc(O)cc2)C1=O. The van der Waals surface area contributed by atoms with Crippen molar-refractivity contribution in [2.75, 3.05) is 19.6 Å². The van der Waals surface area contributed by atoms with E-state index in [1.807, 2.05) is 13.8 Å². The fraction of sp³-hybridized carbons (Fsp3) is 0.312. The molecular weight excluding hydrogens is 316 g/mol. The molecule has 1 fully saturated rings. The fourth-order valence-corrected chi connectivity index (χ4v) is 3.01. The van der Waals surface area contributed by atoms with Crippen molar-refractivity contribution in [3.05, 3.63) is 34.7 Å². The van der Waals surface area contributed by atoms with Gasteiger partial charge in [-0.15, -0.1) is 0 Å². The van der Waals surface area contributed by atoms with Crippen molar-refractivity contribution < 1.29 is 19.5 Å². The Hall–Kier alpha value is -2.28. The van der Waals surface area contributed by atoms with Crippen LogP contribution in [0.15, 0.2) is 29.2 Å². The number of phenols is 1. The zero-order chi connectivity index (χ0) is 17.0. The third kappa shape index (κ3) is 3.92. The smallest absolute Gasteiger partial charge is 0.294 e. The van der Waals surface area contributed by atoms with Gasteiger partial charge in [-0.1, -0.05) is 12.1 Å². The topological polar surface area (TPSA) is 77.9 Å². The zero-order valence-corrected chi connectivity index (χ0v) is 13.8. The molecule has 0 spiro atoms. The summed E-state index contributed by atoms with van der Waals surface area (Å²) in [5.41, 5.74) is 0.698. The summed E-state index contributed by atoms with van der Waals surface area (Å²) in [6.45, 7) is 4.53. The van der Waals surface area contributed by atoms with E-state index in [-0.39, 0.29) is 23.1 Å². The third-order valence-electron chi connectivity index (χ3n) is 3.47. The molecular formula is C16H18N2O4S. The summed E-state index contributed by atoms with van der Waals surface area (Å²) in [7, 11) is 0. The Bertz CT molecular complexity index is 651. The Morgan fingerprint density at radius 3 is 2.39 bits per heavy atom. The minimum absolute atomic E-state index is 0.125. The molecule has 1 aliphatic rings. The van der Waals surface area contributed by atoms with Crippen molar-refractivity contribution in [3.63, 3.8) is 0 Å². The van der Waals surface area contributed by atoms with Gasteiger partial charge in [0.05, 0.1) is 4.91 Å². The van der Waals surface area contributed by atoms with E-state index < -0.39 is 11.1 Å². The lowest BCUT2D eigenvalue weighted by atomic mass is 10.2. The van der Waals surface area contributed by atoms with Crippen molar-refractivity contribution in [2.45, 2.75) is 13.8 Å². The summed E-state index contributed by atoms with van der Waals surface area (Å²) in [5.74, 6) is -0.586. The molecule has 3 amide bonds. The average Bonchev–Trinajstić information content (AvgIpc) is 2.78. The van der Waals surface area contributed by atoms with Crippen molar-refractivity contribution in [2.24, 2.45) is 0 Å². The first-order valence-electron chi connectivity index (χ1n) is 7.28. The van der Waals surface area contributed by atoms with E-state index in [0.29, 0.717) is 18.7 Å². The predicted molar refractivity (Wildman–Crippen MR) is 88.7 cm³/mol. The Morgan fingerprint density at radius 2 is 1.83 bits per heavy atom. The zero-order valence-electron chi connectivity index (χ0n) is 13.0. The number of thioether (sulfide) groups is 1. The Morgan fingerprint density at radius 1 is 1.22 bits per heavy atom. The first kappa shape index (κ1) is 17.1. The van der Waals surface area contributed by atoms with Gasteiger partial charge in [-0.3, -0.25) is 19.3 Å². The highest BCUT2D eigenvalue weighted by Crippen LogP contribution is 2.32. The van der Waals surface area contributed by atoms with Gasteiger partial charge in [0.2, 0.25) is 5.91 Å². The number of imide groups is 1. The molecule has 0 radical (unpaired) electrons. The monoisotopic (exact) mass is 334 g/mol. The molecule has 1 saturated heterocycles. The summed E-state index contributed by atoms with van der Waals surface area (Å²) in [6, 6.07) is 6.29. The fourth-order valence-electron chi connectivity index (χ4n) is 2.17. The van der Waals surface area contributed by atoms with E-state index >= 15 is 0 Å². The molecule has 6 nitrogen and oxygen atoms in total. The summed E-state index contributed by atoms with van der Waals surface area (Å²) < 4.78 is 0. The molecule has 23 heavy (non-hydrogen) atoms. The van der Waals surface area contributed by atoms with Gasteiger partial charge in [0.25, 0.3) is 11.1 Å². The highest BCUT2D eigenvalue weighted by atomic mass is 32.2. The number of nitrogens with zero attached hydrogens (tertiary/aromatic N) is 2. The molecule has 0 unspecified atom stereocenters. The van der Waals surface area contributed by atoms with E-state index in [4.69, 9.17) is 0 Å². The molecule has 1 aromatic rings. The number of rotatable bonds is 5. The molecule has 1 aromatic carbocycles. The first-order valence-corrected chi connectivity index (χ1v) is 8.10. The lowest BCUT2D eigenvalue weighted by Gasteiger charge is -2.21. The predicted octanol–water partition coefficient (Wildman–Crippen LogP) is 2.30. The normalized spacial score (nSPS) is 16.3. The molecule has 7 heteroatoms. The van der Waals surface area contributed by atoms with Gasteiger partial charge in [0.15, 0.2) is 0 Å². The molecule has 0 atom stereocenters. The summed E-state index contributed by atoms with van der Waals surface area (Å²) in [5, 5.41) is 8.81. The van der Waals surface area contributed by atoms with Crippen LogP contribution in [0, 0.1) is 0 Å². The summed E-state index contributed by atoms with van der Waals surface area (Å²) in [6.07, 6.45) is 1.58. The van der Waals surface area contributed by atoms with Crippen molar-refractivity contribution in [3.8, 4) is 5.75 Å². The van der Waals surface area contributed by atoms with Crippen LogP contribution >= 0.6 is 11.8 Å². The van der Waals surface area contributed by atoms with E-state index in [0.717, 1.165) is 16.7 Å².